The molecule has 6 nitrogen and oxygen atoms in total. The number of carbonyl (C=O) groups is 1. The van der Waals surface area contributed by atoms with Crippen LogP contribution in [-0.2, 0) is 10.0 Å². The predicted molar refractivity (Wildman–Crippen MR) is 112 cm³/mol. The van der Waals surface area contributed by atoms with Gasteiger partial charge in [0.05, 0.1) is 28.9 Å². The van der Waals surface area contributed by atoms with E-state index >= 15 is 0 Å². The van der Waals surface area contributed by atoms with Crippen molar-refractivity contribution in [1.29, 1.82) is 0 Å². The standard InChI is InChI=1S/C20H20N2O4S2/c1-3-22(16-7-5-4-6-8-16)28(24,25)17-9-10-19(26-2)18(13-17)21-20(23)15-11-12-27-14-15/h4-14H,3H2,1-2H3,(H,21,23). The molecule has 0 aliphatic heterocycles. The third-order valence-electron chi connectivity index (χ3n) is 4.12. The molecule has 1 heterocycles. The number of hydrogen-bond donors (Lipinski definition) is 1. The Balaban J connectivity index is 1.98. The summed E-state index contributed by atoms with van der Waals surface area (Å²) in [5, 5.41) is 6.25. The van der Waals surface area contributed by atoms with Gasteiger partial charge in [0.2, 0.25) is 0 Å². The Morgan fingerprint density at radius 1 is 1.14 bits per heavy atom. The molecule has 0 bridgehead atoms. The molecule has 0 saturated carbocycles. The number of ether oxygens (including phenoxy) is 1. The summed E-state index contributed by atoms with van der Waals surface area (Å²) in [5.41, 5.74) is 1.37. The highest BCUT2D eigenvalue weighted by Crippen LogP contribution is 2.31. The van der Waals surface area contributed by atoms with E-state index in [4.69, 9.17) is 4.74 Å². The number of benzene rings is 2. The van der Waals surface area contributed by atoms with Crippen molar-refractivity contribution in [2.75, 3.05) is 23.3 Å². The maximum absolute atomic E-state index is 13.2. The molecule has 1 amide bonds. The summed E-state index contributed by atoms with van der Waals surface area (Å²) in [4.78, 5) is 12.5. The molecule has 2 aromatic carbocycles. The van der Waals surface area contributed by atoms with Crippen LogP contribution in [0.3, 0.4) is 0 Å². The molecule has 3 aromatic rings. The Morgan fingerprint density at radius 3 is 2.50 bits per heavy atom. The molecule has 0 fully saturated rings. The molecule has 0 radical (unpaired) electrons. The van der Waals surface area contributed by atoms with Crippen LogP contribution in [-0.4, -0.2) is 28.0 Å². The first kappa shape index (κ1) is 19.9. The molecule has 1 N–H and O–H groups in total. The van der Waals surface area contributed by atoms with Crippen LogP contribution in [0.15, 0.2) is 70.3 Å². The molecule has 0 spiro atoms. The number of rotatable bonds is 7. The van der Waals surface area contributed by atoms with Crippen LogP contribution in [0.1, 0.15) is 17.3 Å². The highest BCUT2D eigenvalue weighted by atomic mass is 32.2. The zero-order valence-corrected chi connectivity index (χ0v) is 17.1. The first-order valence-electron chi connectivity index (χ1n) is 8.56. The van der Waals surface area contributed by atoms with Crippen molar-refractivity contribution in [1.82, 2.24) is 0 Å². The summed E-state index contributed by atoms with van der Waals surface area (Å²) in [5.74, 6) is 0.0507. The lowest BCUT2D eigenvalue weighted by Gasteiger charge is -2.23. The Hall–Kier alpha value is -2.84. The Labute approximate surface area is 168 Å². The van der Waals surface area contributed by atoms with E-state index in [-0.39, 0.29) is 17.3 Å². The summed E-state index contributed by atoms with van der Waals surface area (Å²) in [6.07, 6.45) is 0. The van der Waals surface area contributed by atoms with Gasteiger partial charge in [-0.1, -0.05) is 18.2 Å². The monoisotopic (exact) mass is 416 g/mol. The number of sulfonamides is 1. The summed E-state index contributed by atoms with van der Waals surface area (Å²) in [6, 6.07) is 15.0. The van der Waals surface area contributed by atoms with Crippen LogP contribution in [0.2, 0.25) is 0 Å². The fourth-order valence-electron chi connectivity index (χ4n) is 2.75. The van der Waals surface area contributed by atoms with Crippen molar-refractivity contribution in [2.24, 2.45) is 0 Å². The second kappa shape index (κ2) is 8.45. The Bertz CT molecular complexity index is 1050. The third kappa shape index (κ3) is 4.02. The molecule has 1 aromatic heterocycles. The lowest BCUT2D eigenvalue weighted by atomic mass is 10.2. The highest BCUT2D eigenvalue weighted by Gasteiger charge is 2.25. The number of nitrogens with zero attached hydrogens (tertiary/aromatic N) is 1. The van der Waals surface area contributed by atoms with Crippen LogP contribution < -0.4 is 14.4 Å². The van der Waals surface area contributed by atoms with Gasteiger partial charge in [0, 0.05) is 11.9 Å². The number of hydrogen-bond acceptors (Lipinski definition) is 5. The van der Waals surface area contributed by atoms with Gasteiger partial charge in [-0.15, -0.1) is 0 Å². The number of thiophene rings is 1. The normalized spacial score (nSPS) is 11.1. The van der Waals surface area contributed by atoms with E-state index in [1.54, 1.807) is 48.0 Å². The van der Waals surface area contributed by atoms with Crippen LogP contribution in [0.4, 0.5) is 11.4 Å². The molecule has 0 unspecified atom stereocenters. The van der Waals surface area contributed by atoms with Crippen molar-refractivity contribution in [2.45, 2.75) is 11.8 Å². The zero-order valence-electron chi connectivity index (χ0n) is 15.5. The second-order valence-corrected chi connectivity index (χ2v) is 8.48. The summed E-state index contributed by atoms with van der Waals surface area (Å²) in [6.45, 7) is 2.04. The first-order valence-corrected chi connectivity index (χ1v) is 10.9. The summed E-state index contributed by atoms with van der Waals surface area (Å²) in [7, 11) is -2.35. The SMILES string of the molecule is CCN(c1ccccc1)S(=O)(=O)c1ccc(OC)c(NC(=O)c2ccsc2)c1. The minimum atomic E-state index is -3.81. The van der Waals surface area contributed by atoms with Gasteiger partial charge in [0.15, 0.2) is 0 Å². The van der Waals surface area contributed by atoms with Crippen LogP contribution in [0, 0.1) is 0 Å². The van der Waals surface area contributed by atoms with Gasteiger partial charge < -0.3 is 10.1 Å². The number of para-hydroxylation sites is 1. The number of anilines is 2. The molecular weight excluding hydrogens is 396 g/mol. The predicted octanol–water partition coefficient (Wildman–Crippen LogP) is 4.22. The van der Waals surface area contributed by atoms with E-state index in [0.29, 0.717) is 22.7 Å². The third-order valence-corrected chi connectivity index (χ3v) is 6.70. The Kier molecular flexibility index (Phi) is 6.01. The number of amides is 1. The van der Waals surface area contributed by atoms with Gasteiger partial charge in [-0.3, -0.25) is 9.10 Å². The smallest absolute Gasteiger partial charge is 0.264 e. The molecule has 146 valence electrons. The Morgan fingerprint density at radius 2 is 1.89 bits per heavy atom. The van der Waals surface area contributed by atoms with Gasteiger partial charge in [-0.2, -0.15) is 11.3 Å². The van der Waals surface area contributed by atoms with E-state index in [9.17, 15) is 13.2 Å². The maximum Gasteiger partial charge on any atom is 0.264 e. The van der Waals surface area contributed by atoms with Crippen molar-refractivity contribution >= 4 is 38.6 Å². The average molecular weight is 417 g/mol. The van der Waals surface area contributed by atoms with Gasteiger partial charge in [0.1, 0.15) is 5.75 Å². The molecule has 8 heteroatoms. The number of methoxy groups -OCH3 is 1. The number of nitrogens with one attached hydrogen (secondary N) is 1. The van der Waals surface area contributed by atoms with E-state index in [0.717, 1.165) is 0 Å². The highest BCUT2D eigenvalue weighted by molar-refractivity contribution is 7.92. The molecular formula is C20H20N2O4S2. The van der Waals surface area contributed by atoms with E-state index in [1.165, 1.54) is 41.0 Å². The molecule has 28 heavy (non-hydrogen) atoms. The number of carbonyl (C=O) groups excluding carboxylic acids is 1. The summed E-state index contributed by atoms with van der Waals surface area (Å²) >= 11 is 1.41. The largest absolute Gasteiger partial charge is 0.495 e. The van der Waals surface area contributed by atoms with Crippen molar-refractivity contribution in [3.8, 4) is 5.75 Å². The van der Waals surface area contributed by atoms with Gasteiger partial charge in [-0.25, -0.2) is 8.42 Å². The second-order valence-electron chi connectivity index (χ2n) is 5.83. The average Bonchev–Trinajstić information content (AvgIpc) is 3.24. The van der Waals surface area contributed by atoms with E-state index in [1.807, 2.05) is 6.07 Å². The quantitative estimate of drug-likeness (QED) is 0.626. The van der Waals surface area contributed by atoms with Crippen molar-refractivity contribution < 1.29 is 17.9 Å². The lowest BCUT2D eigenvalue weighted by Crippen LogP contribution is -2.30. The van der Waals surface area contributed by atoms with E-state index < -0.39 is 10.0 Å². The molecule has 3 rings (SSSR count). The first-order chi connectivity index (χ1) is 13.5. The van der Waals surface area contributed by atoms with Crippen molar-refractivity contribution in [3.05, 3.63) is 70.9 Å². The molecule has 0 aliphatic rings. The van der Waals surface area contributed by atoms with Crippen LogP contribution in [0.25, 0.3) is 0 Å². The van der Waals surface area contributed by atoms with Crippen LogP contribution in [0.5, 0.6) is 5.75 Å². The van der Waals surface area contributed by atoms with E-state index in [2.05, 4.69) is 5.32 Å². The maximum atomic E-state index is 13.2. The van der Waals surface area contributed by atoms with Gasteiger partial charge in [0.25, 0.3) is 15.9 Å². The lowest BCUT2D eigenvalue weighted by molar-refractivity contribution is 0.102. The van der Waals surface area contributed by atoms with Crippen LogP contribution >= 0.6 is 11.3 Å². The summed E-state index contributed by atoms with van der Waals surface area (Å²) < 4.78 is 33.0. The minimum Gasteiger partial charge on any atom is -0.495 e. The fourth-order valence-corrected chi connectivity index (χ4v) is 4.88. The minimum absolute atomic E-state index is 0.0691. The van der Waals surface area contributed by atoms with Gasteiger partial charge >= 0.3 is 0 Å². The molecule has 0 saturated heterocycles. The molecule has 0 atom stereocenters. The topological polar surface area (TPSA) is 75.7 Å². The zero-order chi connectivity index (χ0) is 20.1. The fraction of sp³-hybridized carbons (Fsp3) is 0.150. The van der Waals surface area contributed by atoms with Gasteiger partial charge in [-0.05, 0) is 48.7 Å². The van der Waals surface area contributed by atoms with Crippen molar-refractivity contribution in [3.63, 3.8) is 0 Å². The molecule has 0 aliphatic carbocycles.